The summed E-state index contributed by atoms with van der Waals surface area (Å²) in [5, 5.41) is 6.41. The summed E-state index contributed by atoms with van der Waals surface area (Å²) in [7, 11) is 2.90. The summed E-state index contributed by atoms with van der Waals surface area (Å²) in [6.07, 6.45) is 6.45. The van der Waals surface area contributed by atoms with Crippen LogP contribution in [0.3, 0.4) is 0 Å². The number of ether oxygens (including phenoxy) is 6. The van der Waals surface area contributed by atoms with Gasteiger partial charge < -0.3 is 38.3 Å². The number of amides is 3. The number of hydrogen-bond donors (Lipinski definition) is 1. The van der Waals surface area contributed by atoms with Crippen LogP contribution in [0.4, 0.5) is 17.6 Å². The van der Waals surface area contributed by atoms with E-state index in [-0.39, 0.29) is 92.4 Å². The van der Waals surface area contributed by atoms with Gasteiger partial charge in [0.15, 0.2) is 41.1 Å². The normalized spacial score (nSPS) is 14.7. The number of carbonyl (C=O) groups is 4. The minimum Gasteiger partial charge on any atom is -0.493 e. The van der Waals surface area contributed by atoms with Crippen LogP contribution >= 0.6 is 0 Å². The second-order valence-electron chi connectivity index (χ2n) is 15.9. The molecule has 5 aromatic rings. The molecule has 4 heterocycles. The van der Waals surface area contributed by atoms with Crippen molar-refractivity contribution in [1.82, 2.24) is 29.5 Å². The minimum atomic E-state index is -4.78. The van der Waals surface area contributed by atoms with Crippen LogP contribution in [0.2, 0.25) is 0 Å². The van der Waals surface area contributed by atoms with Crippen LogP contribution in [0.25, 0.3) is 17.2 Å². The summed E-state index contributed by atoms with van der Waals surface area (Å²) in [5.74, 6) is -1.81. The Morgan fingerprint density at radius 2 is 1.72 bits per heavy atom. The van der Waals surface area contributed by atoms with Crippen LogP contribution in [0.15, 0.2) is 79.3 Å². The van der Waals surface area contributed by atoms with Gasteiger partial charge in [0.2, 0.25) is 5.75 Å². The molecule has 0 spiro atoms. The molecule has 69 heavy (non-hydrogen) atoms. The molecule has 16 nitrogen and oxygen atoms in total. The summed E-state index contributed by atoms with van der Waals surface area (Å²) in [4.78, 5) is 56.8. The van der Waals surface area contributed by atoms with Gasteiger partial charge in [-0.3, -0.25) is 28.8 Å². The van der Waals surface area contributed by atoms with Crippen LogP contribution in [0, 0.1) is 18.7 Å². The lowest BCUT2D eigenvalue weighted by Crippen LogP contribution is -2.37. The SMILES string of the molecule is CCn1cc(-c2cc(Cn3ccnc3C)cc3c2OCC(Cc2ccc(F)c(OCC(=O)NCCOCCOc4c(OC)cc(C=CC(=O)N5CCC=CC5=O)cc4OC)c2)C3=O)c(C(F)(F)F)n1. The van der Waals surface area contributed by atoms with E-state index in [1.165, 1.54) is 49.4 Å². The van der Waals surface area contributed by atoms with E-state index >= 15 is 0 Å². The molecular formula is C49H50F4N6O10. The zero-order valence-electron chi connectivity index (χ0n) is 38.3. The van der Waals surface area contributed by atoms with E-state index in [0.29, 0.717) is 52.7 Å². The van der Waals surface area contributed by atoms with Crippen LogP contribution in [-0.4, -0.2) is 108 Å². The molecule has 7 rings (SSSR count). The lowest BCUT2D eigenvalue weighted by Gasteiger charge is -2.27. The highest BCUT2D eigenvalue weighted by Crippen LogP contribution is 2.44. The monoisotopic (exact) mass is 958 g/mol. The molecule has 0 aliphatic carbocycles. The summed E-state index contributed by atoms with van der Waals surface area (Å²) in [5.41, 5.74) is 0.508. The maximum absolute atomic E-state index is 14.9. The molecule has 0 fully saturated rings. The summed E-state index contributed by atoms with van der Waals surface area (Å²) in [6.45, 7) is 3.91. The van der Waals surface area contributed by atoms with Crippen molar-refractivity contribution in [2.75, 3.05) is 60.3 Å². The maximum Gasteiger partial charge on any atom is 0.435 e. The van der Waals surface area contributed by atoms with E-state index in [0.717, 1.165) is 11.0 Å². The third-order valence-electron chi connectivity index (χ3n) is 11.2. The molecule has 1 atom stereocenters. The largest absolute Gasteiger partial charge is 0.493 e. The number of hydrogen-bond acceptors (Lipinski definition) is 12. The third-order valence-corrected chi connectivity index (χ3v) is 11.2. The zero-order chi connectivity index (χ0) is 49.2. The van der Waals surface area contributed by atoms with Gasteiger partial charge in [-0.05, 0) is 91.9 Å². The fourth-order valence-corrected chi connectivity index (χ4v) is 7.74. The molecular weight excluding hydrogens is 909 g/mol. The first-order chi connectivity index (χ1) is 33.2. The number of aryl methyl sites for hydroxylation is 2. The molecule has 3 aromatic carbocycles. The van der Waals surface area contributed by atoms with E-state index in [1.54, 1.807) is 67.2 Å². The lowest BCUT2D eigenvalue weighted by molar-refractivity contribution is -0.141. The number of ketones is 1. The highest BCUT2D eigenvalue weighted by Gasteiger charge is 2.40. The van der Waals surface area contributed by atoms with Gasteiger partial charge in [0, 0.05) is 62.0 Å². The molecule has 0 saturated heterocycles. The van der Waals surface area contributed by atoms with E-state index in [9.17, 15) is 36.7 Å². The van der Waals surface area contributed by atoms with Gasteiger partial charge in [-0.2, -0.15) is 18.3 Å². The highest BCUT2D eigenvalue weighted by atomic mass is 19.4. The average molecular weight is 959 g/mol. The van der Waals surface area contributed by atoms with Crippen LogP contribution in [0.5, 0.6) is 28.7 Å². The van der Waals surface area contributed by atoms with Crippen molar-refractivity contribution in [3.63, 3.8) is 0 Å². The maximum atomic E-state index is 14.9. The Bertz CT molecular complexity index is 2740. The number of methoxy groups -OCH3 is 2. The van der Waals surface area contributed by atoms with Crippen molar-refractivity contribution in [3.8, 4) is 39.9 Å². The fourth-order valence-electron chi connectivity index (χ4n) is 7.74. The molecule has 1 unspecified atom stereocenters. The number of Topliss-reactive ketones (excluding diaryl/α,β-unsaturated/α-hetero) is 1. The molecule has 0 saturated carbocycles. The Morgan fingerprint density at radius 1 is 0.957 bits per heavy atom. The summed E-state index contributed by atoms with van der Waals surface area (Å²) < 4.78 is 94.9. The fraction of sp³-hybridized carbons (Fsp3) is 0.347. The van der Waals surface area contributed by atoms with Crippen molar-refractivity contribution >= 4 is 29.6 Å². The van der Waals surface area contributed by atoms with Crippen LogP contribution in [0.1, 0.15) is 51.9 Å². The van der Waals surface area contributed by atoms with Crippen molar-refractivity contribution in [3.05, 3.63) is 119 Å². The Labute approximate surface area is 394 Å². The number of halogens is 4. The number of aromatic nitrogens is 4. The van der Waals surface area contributed by atoms with Crippen molar-refractivity contribution in [2.45, 2.75) is 46.0 Å². The van der Waals surface area contributed by atoms with Crippen molar-refractivity contribution in [2.24, 2.45) is 5.92 Å². The number of carbonyl (C=O) groups excluding carboxylic acids is 4. The second kappa shape index (κ2) is 22.1. The standard InChI is InChI=1S/C49H50F4N6O10/c1-5-58-27-37(48(56-58)49(51,52)53)35-21-33(26-57-16-13-54-30(57)2)22-36-45(63)34(28-69-46(35)36)20-31-9-11-38(50)39(23-31)68-29-42(60)55-14-17-66-18-19-67-47-40(64-3)24-32(25-41(47)65-4)10-12-44(62)59-15-7-6-8-43(59)61/h6,8-13,16,21-25,27,34H,5,7,14-15,17-20,26,28-29H2,1-4H3,(H,55,60). The van der Waals surface area contributed by atoms with Gasteiger partial charge in [-0.25, -0.2) is 9.37 Å². The van der Waals surface area contributed by atoms with Gasteiger partial charge in [0.05, 0.1) is 45.5 Å². The Balaban J connectivity index is 0.907. The van der Waals surface area contributed by atoms with E-state index < -0.39 is 42.0 Å². The molecule has 3 amide bonds. The average Bonchev–Trinajstić information content (AvgIpc) is 3.97. The number of benzene rings is 3. The van der Waals surface area contributed by atoms with Gasteiger partial charge in [0.1, 0.15) is 18.2 Å². The predicted octanol–water partition coefficient (Wildman–Crippen LogP) is 6.65. The van der Waals surface area contributed by atoms with Crippen LogP contribution in [-0.2, 0) is 44.8 Å². The molecule has 2 aliphatic rings. The topological polar surface area (TPSA) is 175 Å². The van der Waals surface area contributed by atoms with Crippen molar-refractivity contribution < 1.29 is 65.2 Å². The molecule has 1 N–H and O–H groups in total. The quantitative estimate of drug-likeness (QED) is 0.0501. The first-order valence-electron chi connectivity index (χ1n) is 22.0. The molecule has 2 aromatic heterocycles. The molecule has 20 heteroatoms. The Morgan fingerprint density at radius 3 is 2.42 bits per heavy atom. The van der Waals surface area contributed by atoms with Crippen LogP contribution < -0.4 is 29.0 Å². The van der Waals surface area contributed by atoms with Gasteiger partial charge in [-0.15, -0.1) is 0 Å². The van der Waals surface area contributed by atoms with E-state index in [1.807, 2.05) is 0 Å². The van der Waals surface area contributed by atoms with E-state index in [4.69, 9.17) is 28.4 Å². The lowest BCUT2D eigenvalue weighted by atomic mass is 9.86. The second-order valence-corrected chi connectivity index (χ2v) is 15.9. The minimum absolute atomic E-state index is 0.0209. The molecule has 0 radical (unpaired) electrons. The number of alkyl halides is 3. The number of imidazole rings is 1. The Kier molecular flexibility index (Phi) is 15.8. The molecule has 2 aliphatic heterocycles. The number of nitrogens with zero attached hydrogens (tertiary/aromatic N) is 5. The first kappa shape index (κ1) is 49.4. The number of nitrogens with one attached hydrogen (secondary N) is 1. The van der Waals surface area contributed by atoms with Gasteiger partial charge in [0.25, 0.3) is 17.7 Å². The Hall–Kier alpha value is -7.48. The third kappa shape index (κ3) is 12.0. The van der Waals surface area contributed by atoms with E-state index in [2.05, 4.69) is 15.4 Å². The summed E-state index contributed by atoms with van der Waals surface area (Å²) >= 11 is 0. The smallest absolute Gasteiger partial charge is 0.435 e. The highest BCUT2D eigenvalue weighted by molar-refractivity contribution is 6.07. The zero-order valence-corrected chi connectivity index (χ0v) is 38.3. The molecule has 0 bridgehead atoms. The summed E-state index contributed by atoms with van der Waals surface area (Å²) in [6, 6.07) is 10.5. The first-order valence-corrected chi connectivity index (χ1v) is 22.0. The van der Waals surface area contributed by atoms with Gasteiger partial charge >= 0.3 is 6.18 Å². The van der Waals surface area contributed by atoms with Gasteiger partial charge in [-0.1, -0.05) is 12.1 Å². The molecule has 364 valence electrons. The number of imide groups is 1. The van der Waals surface area contributed by atoms with Crippen molar-refractivity contribution in [1.29, 1.82) is 0 Å². The predicted molar refractivity (Wildman–Crippen MR) is 242 cm³/mol. The number of fused-ring (bicyclic) bond motifs is 1. The number of rotatable bonds is 20.